The molecule has 1 rings (SSSR count). The minimum atomic E-state index is -4.71. The molecule has 1 amide bonds. The molecule has 0 aliphatic heterocycles. The van der Waals surface area contributed by atoms with Crippen molar-refractivity contribution in [3.8, 4) is 0 Å². The van der Waals surface area contributed by atoms with E-state index in [0.717, 1.165) is 0 Å². The number of halogens is 3. The van der Waals surface area contributed by atoms with Gasteiger partial charge in [-0.1, -0.05) is 0 Å². The summed E-state index contributed by atoms with van der Waals surface area (Å²) in [4.78, 5) is 23.2. The van der Waals surface area contributed by atoms with Gasteiger partial charge in [-0.15, -0.1) is 0 Å². The summed E-state index contributed by atoms with van der Waals surface area (Å²) in [5, 5.41) is 5.07. The van der Waals surface area contributed by atoms with E-state index in [-0.39, 0.29) is 12.6 Å². The van der Waals surface area contributed by atoms with Gasteiger partial charge in [-0.3, -0.25) is 5.32 Å². The molecule has 0 bridgehead atoms. The SMILES string of the molecule is CCOC(=O)[C@@H](NC1CCC(NC(=O)OC(C)(C)C)CC1)C(F)(F)F. The Labute approximate surface area is 145 Å². The third-order valence-corrected chi connectivity index (χ3v) is 3.70. The average molecular weight is 368 g/mol. The highest BCUT2D eigenvalue weighted by atomic mass is 19.4. The van der Waals surface area contributed by atoms with E-state index in [1.807, 2.05) is 0 Å². The second kappa shape index (κ2) is 8.73. The summed E-state index contributed by atoms with van der Waals surface area (Å²) >= 11 is 0. The number of hydrogen-bond acceptors (Lipinski definition) is 5. The molecule has 1 saturated carbocycles. The summed E-state index contributed by atoms with van der Waals surface area (Å²) in [7, 11) is 0. The van der Waals surface area contributed by atoms with E-state index in [1.165, 1.54) is 6.92 Å². The Balaban J connectivity index is 2.49. The van der Waals surface area contributed by atoms with Crippen molar-refractivity contribution in [3.63, 3.8) is 0 Å². The third kappa shape index (κ3) is 7.94. The van der Waals surface area contributed by atoms with Crippen LogP contribution in [0.15, 0.2) is 0 Å². The molecule has 25 heavy (non-hydrogen) atoms. The van der Waals surface area contributed by atoms with Gasteiger partial charge in [-0.05, 0) is 53.4 Å². The minimum Gasteiger partial charge on any atom is -0.465 e. The molecule has 0 spiro atoms. The fraction of sp³-hybridized carbons (Fsp3) is 0.875. The van der Waals surface area contributed by atoms with Gasteiger partial charge in [0, 0.05) is 12.1 Å². The van der Waals surface area contributed by atoms with Crippen LogP contribution in [0.4, 0.5) is 18.0 Å². The van der Waals surface area contributed by atoms with Crippen molar-refractivity contribution in [1.29, 1.82) is 0 Å². The summed E-state index contributed by atoms with van der Waals surface area (Å²) in [5.41, 5.74) is -0.609. The number of ether oxygens (including phenoxy) is 2. The Bertz CT molecular complexity index is 455. The standard InChI is InChI=1S/C16H27F3N2O4/c1-5-24-13(22)12(16(17,18)19)20-10-6-8-11(9-7-10)21-14(23)25-15(2,3)4/h10-12,20H,5-9H2,1-4H3,(H,21,23)/t10?,11?,12-/m1/s1. The number of carbonyl (C=O) groups excluding carboxylic acids is 2. The van der Waals surface area contributed by atoms with E-state index in [0.29, 0.717) is 25.7 Å². The van der Waals surface area contributed by atoms with Gasteiger partial charge in [-0.25, -0.2) is 9.59 Å². The fourth-order valence-corrected chi connectivity index (χ4v) is 2.64. The van der Waals surface area contributed by atoms with Crippen LogP contribution in [0.5, 0.6) is 0 Å². The summed E-state index contributed by atoms with van der Waals surface area (Å²) in [6, 6.07) is -2.94. The van der Waals surface area contributed by atoms with Crippen molar-refractivity contribution >= 4 is 12.1 Å². The van der Waals surface area contributed by atoms with Crippen molar-refractivity contribution in [2.24, 2.45) is 0 Å². The van der Waals surface area contributed by atoms with E-state index >= 15 is 0 Å². The predicted molar refractivity (Wildman–Crippen MR) is 85.0 cm³/mol. The number of alkyl carbamates (subject to hydrolysis) is 1. The normalized spacial score (nSPS) is 22.8. The summed E-state index contributed by atoms with van der Waals surface area (Å²) < 4.78 is 48.7. The van der Waals surface area contributed by atoms with Crippen molar-refractivity contribution in [1.82, 2.24) is 10.6 Å². The fourth-order valence-electron chi connectivity index (χ4n) is 2.64. The Morgan fingerprint density at radius 2 is 1.60 bits per heavy atom. The zero-order chi connectivity index (χ0) is 19.3. The highest BCUT2D eigenvalue weighted by Gasteiger charge is 2.47. The molecule has 146 valence electrons. The maximum Gasteiger partial charge on any atom is 0.414 e. The monoisotopic (exact) mass is 368 g/mol. The molecular formula is C16H27F3N2O4. The number of nitrogens with one attached hydrogen (secondary N) is 2. The minimum absolute atomic E-state index is 0.111. The molecule has 6 nitrogen and oxygen atoms in total. The van der Waals surface area contributed by atoms with Crippen molar-refractivity contribution in [3.05, 3.63) is 0 Å². The highest BCUT2D eigenvalue weighted by Crippen LogP contribution is 2.25. The summed E-state index contributed by atoms with van der Waals surface area (Å²) in [5.74, 6) is -1.32. The topological polar surface area (TPSA) is 76.7 Å². The van der Waals surface area contributed by atoms with Crippen LogP contribution >= 0.6 is 0 Å². The largest absolute Gasteiger partial charge is 0.465 e. The first-order valence-corrected chi connectivity index (χ1v) is 8.41. The van der Waals surface area contributed by atoms with E-state index in [1.54, 1.807) is 20.8 Å². The number of alkyl halides is 3. The second-order valence-corrected chi connectivity index (χ2v) is 7.09. The van der Waals surface area contributed by atoms with E-state index in [2.05, 4.69) is 15.4 Å². The zero-order valence-electron chi connectivity index (χ0n) is 15.0. The maximum absolute atomic E-state index is 13.0. The van der Waals surface area contributed by atoms with Crippen LogP contribution in [0.1, 0.15) is 53.4 Å². The van der Waals surface area contributed by atoms with Gasteiger partial charge in [0.15, 0.2) is 0 Å². The molecule has 0 heterocycles. The van der Waals surface area contributed by atoms with Crippen LogP contribution in [0.2, 0.25) is 0 Å². The van der Waals surface area contributed by atoms with Crippen LogP contribution in [-0.4, -0.2) is 48.6 Å². The number of carbonyl (C=O) groups is 2. The molecule has 2 N–H and O–H groups in total. The molecule has 1 aliphatic rings. The van der Waals surface area contributed by atoms with Gasteiger partial charge in [0.2, 0.25) is 6.04 Å². The second-order valence-electron chi connectivity index (χ2n) is 7.09. The molecular weight excluding hydrogens is 341 g/mol. The number of rotatable bonds is 5. The van der Waals surface area contributed by atoms with Gasteiger partial charge in [0.1, 0.15) is 5.60 Å². The van der Waals surface area contributed by atoms with Crippen LogP contribution in [0.3, 0.4) is 0 Å². The Kier molecular flexibility index (Phi) is 7.52. The summed E-state index contributed by atoms with van der Waals surface area (Å²) in [6.45, 7) is 6.60. The van der Waals surface area contributed by atoms with Crippen molar-refractivity contribution in [2.75, 3.05) is 6.61 Å². The van der Waals surface area contributed by atoms with Gasteiger partial charge < -0.3 is 14.8 Å². The first-order valence-electron chi connectivity index (χ1n) is 8.41. The molecule has 0 aromatic heterocycles. The van der Waals surface area contributed by atoms with Crippen LogP contribution in [0.25, 0.3) is 0 Å². The van der Waals surface area contributed by atoms with Crippen molar-refractivity contribution in [2.45, 2.75) is 83.3 Å². The molecule has 1 fully saturated rings. The number of amides is 1. The van der Waals surface area contributed by atoms with E-state index in [9.17, 15) is 22.8 Å². The maximum atomic E-state index is 13.0. The number of esters is 1. The molecule has 1 aliphatic carbocycles. The zero-order valence-corrected chi connectivity index (χ0v) is 15.0. The molecule has 0 aromatic carbocycles. The summed E-state index contributed by atoms with van der Waals surface area (Å²) in [6.07, 6.45) is -3.42. The first-order chi connectivity index (χ1) is 11.4. The average Bonchev–Trinajstić information content (AvgIpc) is 2.43. The van der Waals surface area contributed by atoms with Gasteiger partial charge in [-0.2, -0.15) is 13.2 Å². The third-order valence-electron chi connectivity index (χ3n) is 3.70. The lowest BCUT2D eigenvalue weighted by Gasteiger charge is -2.32. The van der Waals surface area contributed by atoms with Crippen molar-refractivity contribution < 1.29 is 32.2 Å². The Morgan fingerprint density at radius 1 is 1.08 bits per heavy atom. The molecule has 0 unspecified atom stereocenters. The smallest absolute Gasteiger partial charge is 0.414 e. The van der Waals surface area contributed by atoms with Crippen LogP contribution in [-0.2, 0) is 14.3 Å². The van der Waals surface area contributed by atoms with Crippen LogP contribution in [0, 0.1) is 0 Å². The molecule has 1 atom stereocenters. The quantitative estimate of drug-likeness (QED) is 0.730. The molecule has 0 radical (unpaired) electrons. The van der Waals surface area contributed by atoms with Gasteiger partial charge >= 0.3 is 18.2 Å². The lowest BCUT2D eigenvalue weighted by molar-refractivity contribution is -0.185. The van der Waals surface area contributed by atoms with Gasteiger partial charge in [0.05, 0.1) is 6.61 Å². The predicted octanol–water partition coefficient (Wildman–Crippen LogP) is 2.91. The molecule has 9 heteroatoms. The van der Waals surface area contributed by atoms with Gasteiger partial charge in [0.25, 0.3) is 0 Å². The van der Waals surface area contributed by atoms with E-state index < -0.39 is 35.9 Å². The van der Waals surface area contributed by atoms with Crippen LogP contribution < -0.4 is 10.6 Å². The first kappa shape index (κ1) is 21.5. The molecule has 0 saturated heterocycles. The lowest BCUT2D eigenvalue weighted by atomic mass is 9.90. The Hall–Kier alpha value is -1.51. The molecule has 0 aromatic rings. The highest BCUT2D eigenvalue weighted by molar-refractivity contribution is 5.76. The van der Waals surface area contributed by atoms with E-state index in [4.69, 9.17) is 4.74 Å². The lowest BCUT2D eigenvalue weighted by Crippen LogP contribution is -2.54. The Morgan fingerprint density at radius 3 is 2.04 bits per heavy atom. The number of hydrogen-bond donors (Lipinski definition) is 2.